The number of benzene rings is 1. The second-order valence-corrected chi connectivity index (χ2v) is 6.76. The third kappa shape index (κ3) is 3.24. The lowest BCUT2D eigenvalue weighted by Crippen LogP contribution is -2.49. The molecule has 0 spiro atoms. The number of fused-ring (bicyclic) bond motifs is 1. The van der Waals surface area contributed by atoms with Crippen molar-refractivity contribution in [3.8, 4) is 5.75 Å². The number of hydrogen-bond donors (Lipinski definition) is 1. The molecule has 5 heteroatoms. The molecule has 0 atom stereocenters. The van der Waals surface area contributed by atoms with E-state index in [1.165, 1.54) is 6.07 Å². The molecule has 1 N–H and O–H groups in total. The summed E-state index contributed by atoms with van der Waals surface area (Å²) in [6, 6.07) is 1.49. The minimum atomic E-state index is -0.975. The number of hydrogen-bond acceptors (Lipinski definition) is 3. The molecule has 1 aromatic rings. The fourth-order valence-electron chi connectivity index (χ4n) is 2.30. The predicted octanol–water partition coefficient (Wildman–Crippen LogP) is 2.00. The molecule has 21 heavy (non-hydrogen) atoms. The zero-order valence-corrected chi connectivity index (χ0v) is 13.5. The van der Waals surface area contributed by atoms with Gasteiger partial charge in [0, 0.05) is 0 Å². The largest absolute Gasteiger partial charge is 0.490 e. The molecule has 0 aromatic heterocycles. The summed E-state index contributed by atoms with van der Waals surface area (Å²) in [6.07, 6.45) is 1.74. The van der Waals surface area contributed by atoms with E-state index >= 15 is 0 Å². The summed E-state index contributed by atoms with van der Waals surface area (Å²) in [5, 5.41) is 10.1. The first-order valence-electron chi connectivity index (χ1n) is 7.43. The average Bonchev–Trinajstić information content (AvgIpc) is 2.40. The van der Waals surface area contributed by atoms with E-state index in [4.69, 9.17) is 9.39 Å². The van der Waals surface area contributed by atoms with Crippen LogP contribution in [0.3, 0.4) is 0 Å². The fraction of sp³-hybridized carbons (Fsp3) is 0.625. The Bertz CT molecular complexity index is 535. The van der Waals surface area contributed by atoms with Crippen molar-refractivity contribution < 1.29 is 18.9 Å². The van der Waals surface area contributed by atoms with Crippen LogP contribution >= 0.6 is 0 Å². The van der Waals surface area contributed by atoms with Crippen molar-refractivity contribution in [1.29, 1.82) is 0 Å². The van der Waals surface area contributed by atoms with Crippen LogP contribution in [0.25, 0.3) is 0 Å². The molecule has 0 unspecified atom stereocenters. The van der Waals surface area contributed by atoms with E-state index in [1.54, 1.807) is 13.8 Å². The third-order valence-corrected chi connectivity index (χ3v) is 4.61. The summed E-state index contributed by atoms with van der Waals surface area (Å²) >= 11 is 0. The van der Waals surface area contributed by atoms with Gasteiger partial charge in [0.15, 0.2) is 11.6 Å². The van der Waals surface area contributed by atoms with Crippen molar-refractivity contribution in [3.63, 3.8) is 0 Å². The lowest BCUT2D eigenvalue weighted by atomic mass is 9.78. The third-order valence-electron chi connectivity index (χ3n) is 4.61. The first-order chi connectivity index (χ1) is 9.63. The van der Waals surface area contributed by atoms with Gasteiger partial charge in [0.05, 0.1) is 17.8 Å². The molecule has 1 aliphatic rings. The smallest absolute Gasteiger partial charge is 0.309 e. The zero-order chi connectivity index (χ0) is 15.8. The highest BCUT2D eigenvalue weighted by atomic mass is 19.1. The summed E-state index contributed by atoms with van der Waals surface area (Å²) in [5.74, 6) is 0.0687. The van der Waals surface area contributed by atoms with Crippen molar-refractivity contribution in [3.05, 3.63) is 23.0 Å². The Morgan fingerprint density at radius 1 is 1.33 bits per heavy atom. The molecule has 1 heterocycles. The molecule has 0 fully saturated rings. The molecule has 0 radical (unpaired) electrons. The first-order valence-corrected chi connectivity index (χ1v) is 7.43. The summed E-state index contributed by atoms with van der Waals surface area (Å²) in [4.78, 5) is 0. The Kier molecular flexibility index (Phi) is 4.36. The SMILES string of the molecule is Cc1c(BOC(C)(C)C(C)(C)O)cc(F)c2c1CCCO2. The summed E-state index contributed by atoms with van der Waals surface area (Å²) in [6.45, 7) is 9.64. The standard InChI is InChI=1S/C16H24BFO3/c1-10-11-7-6-8-20-14(11)13(18)9-12(10)17-21-16(4,5)15(2,3)19/h9,17,19H,6-8H2,1-5H3. The number of aliphatic hydroxyl groups is 1. The Labute approximate surface area is 126 Å². The molecule has 0 aliphatic carbocycles. The van der Waals surface area contributed by atoms with Gasteiger partial charge in [-0.3, -0.25) is 0 Å². The summed E-state index contributed by atoms with van der Waals surface area (Å²) < 4.78 is 25.4. The maximum absolute atomic E-state index is 14.1. The van der Waals surface area contributed by atoms with Crippen LogP contribution in [0.4, 0.5) is 4.39 Å². The highest BCUT2D eigenvalue weighted by molar-refractivity contribution is 6.47. The first kappa shape index (κ1) is 16.3. The Balaban J connectivity index is 2.24. The van der Waals surface area contributed by atoms with Crippen LogP contribution in [0.5, 0.6) is 5.75 Å². The van der Waals surface area contributed by atoms with Gasteiger partial charge in [0.25, 0.3) is 0 Å². The van der Waals surface area contributed by atoms with Crippen LogP contribution in [0, 0.1) is 12.7 Å². The number of ether oxygens (including phenoxy) is 1. The molecule has 2 rings (SSSR count). The minimum absolute atomic E-state index is 0.271. The normalized spacial score (nSPS) is 15.4. The van der Waals surface area contributed by atoms with E-state index in [1.807, 2.05) is 20.8 Å². The van der Waals surface area contributed by atoms with Crippen molar-refractivity contribution >= 4 is 12.9 Å². The molecule has 1 aliphatic heterocycles. The van der Waals surface area contributed by atoms with Crippen molar-refractivity contribution in [2.75, 3.05) is 6.61 Å². The lowest BCUT2D eigenvalue weighted by Gasteiger charge is -2.37. The van der Waals surface area contributed by atoms with Gasteiger partial charge in [-0.1, -0.05) is 0 Å². The van der Waals surface area contributed by atoms with E-state index in [-0.39, 0.29) is 13.3 Å². The molecule has 0 bridgehead atoms. The maximum atomic E-state index is 14.1. The van der Waals surface area contributed by atoms with E-state index in [2.05, 4.69) is 0 Å². The van der Waals surface area contributed by atoms with Crippen molar-refractivity contribution in [1.82, 2.24) is 0 Å². The fourth-order valence-corrected chi connectivity index (χ4v) is 2.30. The van der Waals surface area contributed by atoms with E-state index in [0.29, 0.717) is 12.4 Å². The Morgan fingerprint density at radius 3 is 2.62 bits per heavy atom. The van der Waals surface area contributed by atoms with Crippen LogP contribution in [-0.2, 0) is 11.1 Å². The zero-order valence-electron chi connectivity index (χ0n) is 13.5. The van der Waals surface area contributed by atoms with Crippen LogP contribution in [0.2, 0.25) is 0 Å². The molecular weight excluding hydrogens is 270 g/mol. The second-order valence-electron chi connectivity index (χ2n) is 6.76. The number of rotatable bonds is 4. The molecule has 1 aromatic carbocycles. The van der Waals surface area contributed by atoms with Crippen LogP contribution < -0.4 is 10.2 Å². The van der Waals surface area contributed by atoms with Crippen LogP contribution in [0.1, 0.15) is 45.2 Å². The van der Waals surface area contributed by atoms with Gasteiger partial charge in [-0.25, -0.2) is 4.39 Å². The molecule has 0 saturated heterocycles. The molecule has 0 saturated carbocycles. The van der Waals surface area contributed by atoms with Gasteiger partial charge in [0.2, 0.25) is 0 Å². The van der Waals surface area contributed by atoms with E-state index in [0.717, 1.165) is 29.4 Å². The van der Waals surface area contributed by atoms with Gasteiger partial charge in [-0.2, -0.15) is 0 Å². The molecule has 0 amide bonds. The van der Waals surface area contributed by atoms with Gasteiger partial charge in [-0.05, 0) is 70.1 Å². The lowest BCUT2D eigenvalue weighted by molar-refractivity contribution is -0.0893. The van der Waals surface area contributed by atoms with Crippen LogP contribution in [-0.4, -0.2) is 30.4 Å². The predicted molar refractivity (Wildman–Crippen MR) is 83.2 cm³/mol. The topological polar surface area (TPSA) is 38.7 Å². The Hall–Kier alpha value is -1.07. The quantitative estimate of drug-likeness (QED) is 0.863. The molecule has 3 nitrogen and oxygen atoms in total. The Morgan fingerprint density at radius 2 is 2.00 bits per heavy atom. The van der Waals surface area contributed by atoms with Crippen molar-refractivity contribution in [2.24, 2.45) is 0 Å². The summed E-state index contributed by atoms with van der Waals surface area (Å²) in [7, 11) is 0.271. The van der Waals surface area contributed by atoms with Gasteiger partial charge in [-0.15, -0.1) is 0 Å². The van der Waals surface area contributed by atoms with Gasteiger partial charge >= 0.3 is 7.48 Å². The highest BCUT2D eigenvalue weighted by Crippen LogP contribution is 2.30. The average molecular weight is 294 g/mol. The number of halogens is 1. The maximum Gasteiger partial charge on any atom is 0.309 e. The van der Waals surface area contributed by atoms with E-state index < -0.39 is 11.2 Å². The molecule has 116 valence electrons. The van der Waals surface area contributed by atoms with Gasteiger partial charge in [0.1, 0.15) is 0 Å². The van der Waals surface area contributed by atoms with Crippen molar-refractivity contribution in [2.45, 2.75) is 58.7 Å². The minimum Gasteiger partial charge on any atom is -0.490 e. The monoisotopic (exact) mass is 294 g/mol. The van der Waals surface area contributed by atoms with Gasteiger partial charge < -0.3 is 14.5 Å². The van der Waals surface area contributed by atoms with E-state index in [9.17, 15) is 9.50 Å². The van der Waals surface area contributed by atoms with Crippen LogP contribution in [0.15, 0.2) is 6.07 Å². The molecular formula is C16H24BFO3. The summed E-state index contributed by atoms with van der Waals surface area (Å²) in [5.41, 5.74) is 1.09. The second kappa shape index (κ2) is 5.62. The highest BCUT2D eigenvalue weighted by Gasteiger charge is 2.36.